The quantitative estimate of drug-likeness (QED) is 0.551. The van der Waals surface area contributed by atoms with E-state index < -0.39 is 8.07 Å². The highest BCUT2D eigenvalue weighted by Gasteiger charge is 2.29. The summed E-state index contributed by atoms with van der Waals surface area (Å²) in [4.78, 5) is 0. The summed E-state index contributed by atoms with van der Waals surface area (Å²) in [5.41, 5.74) is 3.30. The fourth-order valence-electron chi connectivity index (χ4n) is 2.01. The molecular weight excluding hydrogens is 148 g/mol. The van der Waals surface area contributed by atoms with E-state index in [1.807, 2.05) is 0 Å². The Morgan fingerprint density at radius 3 is 2.18 bits per heavy atom. The van der Waals surface area contributed by atoms with Crippen LogP contribution in [0.2, 0.25) is 18.6 Å². The summed E-state index contributed by atoms with van der Waals surface area (Å²) in [6.07, 6.45) is 7.36. The molecule has 0 heterocycles. The molecule has 1 fully saturated rings. The molecule has 0 unspecified atom stereocenters. The number of hydrogen-bond donors (Lipinski definition) is 0. The lowest BCUT2D eigenvalue weighted by atomic mass is 10.0. The standard InChI is InChI=1S/C10H20Si/c1-4-11(2,3)10-8-6-5-7-9-10/h4,10H,1,5-9H2,2-3H3. The summed E-state index contributed by atoms with van der Waals surface area (Å²) in [6, 6.07) is 0. The lowest BCUT2D eigenvalue weighted by molar-refractivity contribution is 0.494. The summed E-state index contributed by atoms with van der Waals surface area (Å²) >= 11 is 0. The Morgan fingerprint density at radius 1 is 1.18 bits per heavy atom. The molecule has 0 N–H and O–H groups in total. The summed E-state index contributed by atoms with van der Waals surface area (Å²) < 4.78 is 0. The van der Waals surface area contributed by atoms with Gasteiger partial charge in [0.2, 0.25) is 0 Å². The Morgan fingerprint density at radius 2 is 1.73 bits per heavy atom. The first-order chi connectivity index (χ1) is 5.17. The lowest BCUT2D eigenvalue weighted by Crippen LogP contribution is -2.31. The van der Waals surface area contributed by atoms with Crippen molar-refractivity contribution in [3.05, 3.63) is 12.3 Å². The average molecular weight is 168 g/mol. The van der Waals surface area contributed by atoms with E-state index in [1.54, 1.807) is 0 Å². The molecule has 1 heteroatoms. The topological polar surface area (TPSA) is 0 Å². The van der Waals surface area contributed by atoms with Gasteiger partial charge in [-0.1, -0.05) is 45.2 Å². The van der Waals surface area contributed by atoms with Gasteiger partial charge < -0.3 is 0 Å². The Balaban J connectivity index is 2.50. The largest absolute Gasteiger partial charge is 0.107 e. The van der Waals surface area contributed by atoms with Crippen LogP contribution in [0.4, 0.5) is 0 Å². The first kappa shape index (κ1) is 9.05. The van der Waals surface area contributed by atoms with Crippen LogP contribution in [-0.4, -0.2) is 8.07 Å². The zero-order valence-corrected chi connectivity index (χ0v) is 8.90. The highest BCUT2D eigenvalue weighted by Crippen LogP contribution is 2.37. The molecule has 0 radical (unpaired) electrons. The van der Waals surface area contributed by atoms with Crippen LogP contribution in [0.5, 0.6) is 0 Å². The third kappa shape index (κ3) is 2.19. The highest BCUT2D eigenvalue weighted by molar-refractivity contribution is 6.83. The van der Waals surface area contributed by atoms with Crippen molar-refractivity contribution in [3.63, 3.8) is 0 Å². The molecule has 1 aliphatic carbocycles. The second-order valence-electron chi connectivity index (χ2n) is 4.36. The van der Waals surface area contributed by atoms with Crippen LogP contribution in [-0.2, 0) is 0 Å². The molecule has 0 aromatic rings. The molecule has 0 aliphatic heterocycles. The second kappa shape index (κ2) is 3.57. The van der Waals surface area contributed by atoms with Crippen LogP contribution >= 0.6 is 0 Å². The minimum absolute atomic E-state index is 1.01. The predicted octanol–water partition coefficient (Wildman–Crippen LogP) is 3.75. The van der Waals surface area contributed by atoms with Crippen molar-refractivity contribution >= 4 is 8.07 Å². The maximum absolute atomic E-state index is 3.97. The Hall–Kier alpha value is -0.0431. The van der Waals surface area contributed by atoms with Crippen molar-refractivity contribution in [2.24, 2.45) is 0 Å². The van der Waals surface area contributed by atoms with Gasteiger partial charge in [0.05, 0.1) is 8.07 Å². The Labute approximate surface area is 71.7 Å². The van der Waals surface area contributed by atoms with Crippen molar-refractivity contribution in [2.45, 2.75) is 50.7 Å². The molecule has 0 bridgehead atoms. The van der Waals surface area contributed by atoms with E-state index in [4.69, 9.17) is 0 Å². The molecule has 0 saturated heterocycles. The molecule has 0 spiro atoms. The Kier molecular flexibility index (Phi) is 2.94. The molecule has 1 rings (SSSR count). The van der Waals surface area contributed by atoms with Crippen molar-refractivity contribution in [1.29, 1.82) is 0 Å². The van der Waals surface area contributed by atoms with E-state index in [1.165, 1.54) is 32.1 Å². The van der Waals surface area contributed by atoms with Gasteiger partial charge in [0, 0.05) is 0 Å². The van der Waals surface area contributed by atoms with Gasteiger partial charge in [-0.15, -0.1) is 12.3 Å². The van der Waals surface area contributed by atoms with Gasteiger partial charge in [-0.05, 0) is 5.54 Å². The van der Waals surface area contributed by atoms with Crippen molar-refractivity contribution < 1.29 is 0 Å². The zero-order chi connectivity index (χ0) is 8.32. The third-order valence-electron chi connectivity index (χ3n) is 3.18. The third-order valence-corrected chi connectivity index (χ3v) is 6.92. The van der Waals surface area contributed by atoms with Crippen LogP contribution in [0.3, 0.4) is 0 Å². The van der Waals surface area contributed by atoms with Gasteiger partial charge in [-0.2, -0.15) is 0 Å². The zero-order valence-electron chi connectivity index (χ0n) is 7.90. The van der Waals surface area contributed by atoms with Gasteiger partial charge in [-0.3, -0.25) is 0 Å². The van der Waals surface area contributed by atoms with Gasteiger partial charge in [-0.25, -0.2) is 0 Å². The molecule has 1 saturated carbocycles. The highest BCUT2D eigenvalue weighted by atomic mass is 28.3. The van der Waals surface area contributed by atoms with Crippen LogP contribution in [0, 0.1) is 0 Å². The maximum atomic E-state index is 3.97. The average Bonchev–Trinajstić information content (AvgIpc) is 2.06. The van der Waals surface area contributed by atoms with Crippen molar-refractivity contribution in [3.8, 4) is 0 Å². The summed E-state index contributed by atoms with van der Waals surface area (Å²) in [7, 11) is -1.01. The smallest absolute Gasteiger partial charge is 0.0740 e. The summed E-state index contributed by atoms with van der Waals surface area (Å²) in [6.45, 7) is 8.88. The normalized spacial score (nSPS) is 21.6. The minimum atomic E-state index is -1.01. The fraction of sp³-hybridized carbons (Fsp3) is 0.800. The first-order valence-electron chi connectivity index (χ1n) is 4.80. The summed E-state index contributed by atoms with van der Waals surface area (Å²) in [5, 5.41) is 0. The van der Waals surface area contributed by atoms with E-state index >= 15 is 0 Å². The molecule has 11 heavy (non-hydrogen) atoms. The van der Waals surface area contributed by atoms with Crippen LogP contribution in [0.1, 0.15) is 32.1 Å². The van der Waals surface area contributed by atoms with Gasteiger partial charge in [0.1, 0.15) is 0 Å². The van der Waals surface area contributed by atoms with Crippen LogP contribution < -0.4 is 0 Å². The monoisotopic (exact) mass is 168 g/mol. The van der Waals surface area contributed by atoms with Crippen molar-refractivity contribution in [1.82, 2.24) is 0 Å². The maximum Gasteiger partial charge on any atom is 0.0740 e. The van der Waals surface area contributed by atoms with E-state index in [9.17, 15) is 0 Å². The van der Waals surface area contributed by atoms with Gasteiger partial charge in [0.15, 0.2) is 0 Å². The molecule has 0 atom stereocenters. The predicted molar refractivity (Wildman–Crippen MR) is 54.5 cm³/mol. The lowest BCUT2D eigenvalue weighted by Gasteiger charge is -2.32. The van der Waals surface area contributed by atoms with Gasteiger partial charge in [0.25, 0.3) is 0 Å². The molecular formula is C10H20Si. The SMILES string of the molecule is C=C[Si](C)(C)C1CCCCC1. The molecule has 0 aromatic heterocycles. The fourth-order valence-corrected chi connectivity index (χ4v) is 4.24. The van der Waals surface area contributed by atoms with Gasteiger partial charge >= 0.3 is 0 Å². The minimum Gasteiger partial charge on any atom is -0.107 e. The molecule has 0 amide bonds. The first-order valence-corrected chi connectivity index (χ1v) is 7.96. The van der Waals surface area contributed by atoms with Crippen LogP contribution in [0.25, 0.3) is 0 Å². The van der Waals surface area contributed by atoms with E-state index in [-0.39, 0.29) is 0 Å². The van der Waals surface area contributed by atoms with Crippen molar-refractivity contribution in [2.75, 3.05) is 0 Å². The second-order valence-corrected chi connectivity index (χ2v) is 9.23. The van der Waals surface area contributed by atoms with E-state index in [0.717, 1.165) is 5.54 Å². The molecule has 0 aromatic carbocycles. The molecule has 64 valence electrons. The summed E-state index contributed by atoms with van der Waals surface area (Å²) in [5.74, 6) is 0. The molecule has 0 nitrogen and oxygen atoms in total. The van der Waals surface area contributed by atoms with E-state index in [2.05, 4.69) is 25.4 Å². The van der Waals surface area contributed by atoms with E-state index in [0.29, 0.717) is 0 Å². The van der Waals surface area contributed by atoms with Crippen LogP contribution in [0.15, 0.2) is 12.3 Å². The number of rotatable bonds is 2. The Bertz CT molecular complexity index is 132. The number of hydrogen-bond acceptors (Lipinski definition) is 0. The molecule has 1 aliphatic rings.